The molecule has 0 aromatic heterocycles. The molecule has 3 rings (SSSR count). The van der Waals surface area contributed by atoms with Crippen LogP contribution in [0.1, 0.15) is 34.7 Å². The Morgan fingerprint density at radius 2 is 1.85 bits per heavy atom. The molecule has 20 heavy (non-hydrogen) atoms. The molecule has 1 unspecified atom stereocenters. The van der Waals surface area contributed by atoms with Crippen LogP contribution in [0.5, 0.6) is 5.75 Å². The van der Waals surface area contributed by atoms with Gasteiger partial charge in [-0.3, -0.25) is 0 Å². The molecule has 1 atom stereocenters. The van der Waals surface area contributed by atoms with E-state index in [1.165, 1.54) is 11.1 Å². The van der Waals surface area contributed by atoms with Gasteiger partial charge in [0.25, 0.3) is 0 Å². The standard InChI is InChI=1S/C17H19NO2/c18-16-9-8-15-14(16)2-1-3-17(15)20-11-13-6-4-12(10-19)5-7-13/h1-7,16,19H,8-11,18H2. The molecule has 104 valence electrons. The highest BCUT2D eigenvalue weighted by atomic mass is 16.5. The SMILES string of the molecule is NC1CCc2c(OCc3ccc(CO)cc3)cccc21. The third-order valence-corrected chi connectivity index (χ3v) is 3.87. The molecule has 0 aliphatic heterocycles. The number of hydrogen-bond donors (Lipinski definition) is 2. The zero-order chi connectivity index (χ0) is 13.9. The molecule has 3 heteroatoms. The molecule has 0 amide bonds. The van der Waals surface area contributed by atoms with Crippen LogP contribution < -0.4 is 10.5 Å². The van der Waals surface area contributed by atoms with E-state index >= 15 is 0 Å². The number of hydrogen-bond acceptors (Lipinski definition) is 3. The van der Waals surface area contributed by atoms with Crippen LogP contribution in [0, 0.1) is 0 Å². The van der Waals surface area contributed by atoms with Crippen LogP contribution in [-0.4, -0.2) is 5.11 Å². The summed E-state index contributed by atoms with van der Waals surface area (Å²) in [6, 6.07) is 14.1. The van der Waals surface area contributed by atoms with Crippen molar-refractivity contribution in [1.29, 1.82) is 0 Å². The van der Waals surface area contributed by atoms with Crippen molar-refractivity contribution >= 4 is 0 Å². The summed E-state index contributed by atoms with van der Waals surface area (Å²) in [7, 11) is 0. The van der Waals surface area contributed by atoms with Gasteiger partial charge in [-0.2, -0.15) is 0 Å². The average Bonchev–Trinajstić information content (AvgIpc) is 2.88. The fraction of sp³-hybridized carbons (Fsp3) is 0.294. The summed E-state index contributed by atoms with van der Waals surface area (Å²) >= 11 is 0. The van der Waals surface area contributed by atoms with E-state index in [-0.39, 0.29) is 12.6 Å². The molecule has 1 aliphatic carbocycles. The maximum Gasteiger partial charge on any atom is 0.123 e. The Hall–Kier alpha value is -1.84. The highest BCUT2D eigenvalue weighted by Gasteiger charge is 2.21. The molecule has 3 nitrogen and oxygen atoms in total. The Kier molecular flexibility index (Phi) is 3.72. The van der Waals surface area contributed by atoms with Gasteiger partial charge in [-0.1, -0.05) is 36.4 Å². The fourth-order valence-electron chi connectivity index (χ4n) is 2.69. The number of nitrogens with two attached hydrogens (primary N) is 1. The van der Waals surface area contributed by atoms with Crippen LogP contribution in [0.25, 0.3) is 0 Å². The Morgan fingerprint density at radius 1 is 1.10 bits per heavy atom. The zero-order valence-electron chi connectivity index (χ0n) is 11.4. The van der Waals surface area contributed by atoms with E-state index in [0.717, 1.165) is 29.7 Å². The molecule has 0 bridgehead atoms. The number of benzene rings is 2. The van der Waals surface area contributed by atoms with Crippen molar-refractivity contribution < 1.29 is 9.84 Å². The molecule has 1 aliphatic rings. The van der Waals surface area contributed by atoms with E-state index in [2.05, 4.69) is 6.07 Å². The second-order valence-corrected chi connectivity index (χ2v) is 5.23. The fourth-order valence-corrected chi connectivity index (χ4v) is 2.69. The average molecular weight is 269 g/mol. The first kappa shape index (κ1) is 13.2. The summed E-state index contributed by atoms with van der Waals surface area (Å²) in [6.45, 7) is 0.614. The minimum atomic E-state index is 0.0746. The van der Waals surface area contributed by atoms with Gasteiger partial charge in [0.05, 0.1) is 6.61 Å². The number of fused-ring (bicyclic) bond motifs is 1. The van der Waals surface area contributed by atoms with Crippen molar-refractivity contribution in [3.05, 3.63) is 64.7 Å². The van der Waals surface area contributed by atoms with Crippen molar-refractivity contribution in [1.82, 2.24) is 0 Å². The molecule has 2 aromatic rings. The number of ether oxygens (including phenoxy) is 1. The molecule has 0 saturated heterocycles. The van der Waals surface area contributed by atoms with Crippen LogP contribution in [0.15, 0.2) is 42.5 Å². The molecule has 0 fully saturated rings. The highest BCUT2D eigenvalue weighted by Crippen LogP contribution is 2.35. The van der Waals surface area contributed by atoms with Gasteiger partial charge in [-0.05, 0) is 41.2 Å². The predicted molar refractivity (Wildman–Crippen MR) is 78.4 cm³/mol. The van der Waals surface area contributed by atoms with Gasteiger partial charge < -0.3 is 15.6 Å². The van der Waals surface area contributed by atoms with E-state index in [0.29, 0.717) is 6.61 Å². The topological polar surface area (TPSA) is 55.5 Å². The van der Waals surface area contributed by atoms with Crippen LogP contribution in [0.4, 0.5) is 0 Å². The lowest BCUT2D eigenvalue weighted by molar-refractivity contribution is 0.281. The maximum atomic E-state index is 9.02. The number of rotatable bonds is 4. The summed E-state index contributed by atoms with van der Waals surface area (Å²) in [5, 5.41) is 9.02. The molecular formula is C17H19NO2. The number of aliphatic hydroxyl groups is 1. The van der Waals surface area contributed by atoms with Gasteiger partial charge in [0.1, 0.15) is 12.4 Å². The largest absolute Gasteiger partial charge is 0.489 e. The normalized spacial score (nSPS) is 17.0. The Balaban J connectivity index is 1.72. The quantitative estimate of drug-likeness (QED) is 0.897. The maximum absolute atomic E-state index is 9.02. The zero-order valence-corrected chi connectivity index (χ0v) is 11.4. The lowest BCUT2D eigenvalue weighted by atomic mass is 10.1. The smallest absolute Gasteiger partial charge is 0.123 e. The second kappa shape index (κ2) is 5.65. The van der Waals surface area contributed by atoms with Crippen molar-refractivity contribution in [3.63, 3.8) is 0 Å². The molecule has 0 heterocycles. The minimum absolute atomic E-state index is 0.0746. The summed E-state index contributed by atoms with van der Waals surface area (Å²) in [4.78, 5) is 0. The third kappa shape index (κ3) is 2.55. The van der Waals surface area contributed by atoms with Gasteiger partial charge in [-0.15, -0.1) is 0 Å². The minimum Gasteiger partial charge on any atom is -0.489 e. The van der Waals surface area contributed by atoms with Crippen LogP contribution in [-0.2, 0) is 19.6 Å². The van der Waals surface area contributed by atoms with E-state index in [9.17, 15) is 0 Å². The van der Waals surface area contributed by atoms with Crippen LogP contribution in [0.3, 0.4) is 0 Å². The molecule has 2 aromatic carbocycles. The molecule has 0 saturated carbocycles. The van der Waals surface area contributed by atoms with E-state index in [1.54, 1.807) is 0 Å². The second-order valence-electron chi connectivity index (χ2n) is 5.23. The van der Waals surface area contributed by atoms with Gasteiger partial charge in [0, 0.05) is 6.04 Å². The summed E-state index contributed by atoms with van der Waals surface area (Å²) in [5.41, 5.74) is 10.6. The monoisotopic (exact) mass is 269 g/mol. The summed E-state index contributed by atoms with van der Waals surface area (Å²) < 4.78 is 5.94. The van der Waals surface area contributed by atoms with Crippen molar-refractivity contribution in [3.8, 4) is 5.75 Å². The van der Waals surface area contributed by atoms with Crippen molar-refractivity contribution in [2.24, 2.45) is 5.73 Å². The van der Waals surface area contributed by atoms with E-state index in [1.807, 2.05) is 36.4 Å². The van der Waals surface area contributed by atoms with Crippen LogP contribution >= 0.6 is 0 Å². The predicted octanol–water partition coefficient (Wildman–Crippen LogP) is 2.70. The summed E-state index contributed by atoms with van der Waals surface area (Å²) in [5.74, 6) is 0.946. The molecule has 0 radical (unpaired) electrons. The van der Waals surface area contributed by atoms with Crippen molar-refractivity contribution in [2.45, 2.75) is 32.1 Å². The Morgan fingerprint density at radius 3 is 2.60 bits per heavy atom. The van der Waals surface area contributed by atoms with Gasteiger partial charge in [-0.25, -0.2) is 0 Å². The molecule has 3 N–H and O–H groups in total. The third-order valence-electron chi connectivity index (χ3n) is 3.87. The molecule has 0 spiro atoms. The number of aliphatic hydroxyl groups excluding tert-OH is 1. The Labute approximate surface area is 119 Å². The lowest BCUT2D eigenvalue weighted by Gasteiger charge is -2.12. The van der Waals surface area contributed by atoms with Crippen LogP contribution in [0.2, 0.25) is 0 Å². The highest BCUT2D eigenvalue weighted by molar-refractivity contribution is 5.45. The Bertz CT molecular complexity index is 592. The van der Waals surface area contributed by atoms with Crippen molar-refractivity contribution in [2.75, 3.05) is 0 Å². The van der Waals surface area contributed by atoms with Gasteiger partial charge in [0.2, 0.25) is 0 Å². The first-order chi connectivity index (χ1) is 9.78. The first-order valence-corrected chi connectivity index (χ1v) is 6.97. The van der Waals surface area contributed by atoms with Gasteiger partial charge in [0.15, 0.2) is 0 Å². The molecular weight excluding hydrogens is 250 g/mol. The first-order valence-electron chi connectivity index (χ1n) is 6.97. The van der Waals surface area contributed by atoms with E-state index in [4.69, 9.17) is 15.6 Å². The van der Waals surface area contributed by atoms with Gasteiger partial charge >= 0.3 is 0 Å². The summed E-state index contributed by atoms with van der Waals surface area (Å²) in [6.07, 6.45) is 2.00. The van der Waals surface area contributed by atoms with E-state index < -0.39 is 0 Å². The lowest BCUT2D eigenvalue weighted by Crippen LogP contribution is -2.05.